The maximum atomic E-state index is 5.00. The topological polar surface area (TPSA) is 13.1 Å². The predicted octanol–water partition coefficient (Wildman–Crippen LogP) is 3.14. The van der Waals surface area contributed by atoms with Gasteiger partial charge in [-0.15, -0.1) is 0 Å². The van der Waals surface area contributed by atoms with Gasteiger partial charge in [-0.2, -0.15) is 10.5 Å². The largest absolute Gasteiger partial charge is 0.472 e. The fourth-order valence-corrected chi connectivity index (χ4v) is 2.84. The minimum Gasteiger partial charge on any atom is -0.472 e. The molecule has 1 aromatic heterocycles. The van der Waals surface area contributed by atoms with Crippen LogP contribution in [-0.4, -0.2) is 11.6 Å². The minimum atomic E-state index is 0.260. The second kappa shape index (κ2) is 4.51. The first-order valence-corrected chi connectivity index (χ1v) is 5.90. The van der Waals surface area contributed by atoms with E-state index in [1.54, 1.807) is 6.26 Å². The summed E-state index contributed by atoms with van der Waals surface area (Å²) < 4.78 is 5.00. The highest BCUT2D eigenvalue weighted by molar-refractivity contribution is 8.13. The average molecular weight is 184 g/mol. The van der Waals surface area contributed by atoms with Crippen LogP contribution in [-0.2, 0) is 5.75 Å². The van der Waals surface area contributed by atoms with E-state index in [4.69, 9.17) is 4.42 Å². The van der Waals surface area contributed by atoms with Crippen molar-refractivity contribution in [2.75, 3.05) is 5.75 Å². The molecular weight excluding hydrogens is 168 g/mol. The van der Waals surface area contributed by atoms with Gasteiger partial charge in [0.1, 0.15) is 0 Å². The molecule has 0 aliphatic heterocycles. The number of hydrogen-bond donors (Lipinski definition) is 0. The molecule has 1 unspecified atom stereocenters. The van der Waals surface area contributed by atoms with Gasteiger partial charge < -0.3 is 4.42 Å². The fraction of sp³-hybridized carbons (Fsp3) is 0.500. The number of furan rings is 1. The van der Waals surface area contributed by atoms with Gasteiger partial charge in [-0.3, -0.25) is 0 Å². The molecule has 1 atom stereocenters. The lowest BCUT2D eigenvalue weighted by Gasteiger charge is -2.08. The predicted molar refractivity (Wildman–Crippen MR) is 56.8 cm³/mol. The highest BCUT2D eigenvalue weighted by Gasteiger charge is 1.99. The second-order valence-corrected chi connectivity index (χ2v) is 5.30. The molecular formula is C10H16OS. The molecule has 2 heteroatoms. The van der Waals surface area contributed by atoms with E-state index in [1.807, 2.05) is 12.3 Å². The van der Waals surface area contributed by atoms with Crippen molar-refractivity contribution in [3.8, 4) is 0 Å². The molecule has 1 rings (SSSR count). The first-order chi connectivity index (χ1) is 5.68. The molecule has 0 spiro atoms. The van der Waals surface area contributed by atoms with Gasteiger partial charge in [0.05, 0.1) is 12.5 Å². The van der Waals surface area contributed by atoms with Crippen LogP contribution in [0.25, 0.3) is 0 Å². The van der Waals surface area contributed by atoms with Gasteiger partial charge in [-0.05, 0) is 23.3 Å². The van der Waals surface area contributed by atoms with E-state index in [-0.39, 0.29) is 10.5 Å². The summed E-state index contributed by atoms with van der Waals surface area (Å²) in [5.41, 5.74) is 1.27. The molecule has 0 saturated heterocycles. The molecule has 0 aliphatic carbocycles. The zero-order chi connectivity index (χ0) is 8.97. The molecule has 1 heterocycles. The van der Waals surface area contributed by atoms with Gasteiger partial charge in [0.25, 0.3) is 0 Å². The third kappa shape index (κ3) is 3.26. The minimum absolute atomic E-state index is 0.260. The second-order valence-electron chi connectivity index (χ2n) is 3.45. The summed E-state index contributed by atoms with van der Waals surface area (Å²) >= 11 is 0. The lowest BCUT2D eigenvalue weighted by atomic mass is 10.3. The van der Waals surface area contributed by atoms with Crippen LogP contribution in [0.3, 0.4) is 0 Å². The Kier molecular flexibility index (Phi) is 3.60. The smallest absolute Gasteiger partial charge is 0.0942 e. The van der Waals surface area contributed by atoms with Crippen LogP contribution < -0.4 is 0 Å². The molecule has 0 aliphatic rings. The Morgan fingerprint density at radius 2 is 2.33 bits per heavy atom. The van der Waals surface area contributed by atoms with Crippen molar-refractivity contribution in [2.45, 2.75) is 19.6 Å². The summed E-state index contributed by atoms with van der Waals surface area (Å²) in [6, 6.07) is 2.02. The molecule has 1 nitrogen and oxygen atoms in total. The van der Waals surface area contributed by atoms with Crippen LogP contribution >= 0.6 is 10.5 Å². The van der Waals surface area contributed by atoms with Gasteiger partial charge in [-0.25, -0.2) is 0 Å². The van der Waals surface area contributed by atoms with Gasteiger partial charge >= 0.3 is 0 Å². The summed E-state index contributed by atoms with van der Waals surface area (Å²) in [5.74, 6) is 7.16. The fourth-order valence-electron chi connectivity index (χ4n) is 1.14. The van der Waals surface area contributed by atoms with Crippen molar-refractivity contribution in [3.63, 3.8) is 0 Å². The third-order valence-electron chi connectivity index (χ3n) is 1.52. The van der Waals surface area contributed by atoms with Crippen molar-refractivity contribution >= 4 is 16.4 Å². The van der Waals surface area contributed by atoms with E-state index in [9.17, 15) is 0 Å². The summed E-state index contributed by atoms with van der Waals surface area (Å²) in [4.78, 5) is 0. The van der Waals surface area contributed by atoms with Crippen molar-refractivity contribution < 1.29 is 4.42 Å². The van der Waals surface area contributed by atoms with E-state index in [1.165, 1.54) is 11.3 Å². The molecule has 1 aromatic rings. The monoisotopic (exact) mass is 184 g/mol. The maximum Gasteiger partial charge on any atom is 0.0942 e. The standard InChI is InChI=1S/C10H16OS/c1-9(2)7-12(3)8-10-4-5-11-6-10/h4-6,9H,3,7-8H2,1-2H3. The molecule has 68 valence electrons. The molecule has 0 N–H and O–H groups in total. The van der Waals surface area contributed by atoms with Gasteiger partial charge in [-0.1, -0.05) is 19.7 Å². The van der Waals surface area contributed by atoms with E-state index in [0.29, 0.717) is 0 Å². The first-order valence-electron chi connectivity index (χ1n) is 4.16. The van der Waals surface area contributed by atoms with Crippen LogP contribution in [0.1, 0.15) is 19.4 Å². The summed E-state index contributed by atoms with van der Waals surface area (Å²) in [6.07, 6.45) is 3.54. The van der Waals surface area contributed by atoms with Gasteiger partial charge in [0.2, 0.25) is 0 Å². The van der Waals surface area contributed by atoms with Crippen LogP contribution in [0, 0.1) is 5.92 Å². The Labute approximate surface area is 76.7 Å². The van der Waals surface area contributed by atoms with Crippen LogP contribution in [0.5, 0.6) is 0 Å². The Bertz CT molecular complexity index is 236. The molecule has 0 bridgehead atoms. The maximum absolute atomic E-state index is 5.00. The summed E-state index contributed by atoms with van der Waals surface area (Å²) in [6.45, 7) is 4.47. The van der Waals surface area contributed by atoms with E-state index in [0.717, 1.165) is 11.7 Å². The first kappa shape index (κ1) is 9.59. The van der Waals surface area contributed by atoms with E-state index < -0.39 is 0 Å². The molecule has 0 saturated carbocycles. The lowest BCUT2D eigenvalue weighted by Crippen LogP contribution is -1.94. The Hall–Kier alpha value is -0.500. The summed E-state index contributed by atoms with van der Waals surface area (Å²) in [7, 11) is 0.260. The zero-order valence-corrected chi connectivity index (χ0v) is 8.56. The van der Waals surface area contributed by atoms with E-state index in [2.05, 4.69) is 19.7 Å². The molecule has 12 heavy (non-hydrogen) atoms. The number of hydrogen-bond acceptors (Lipinski definition) is 1. The van der Waals surface area contributed by atoms with Crippen LogP contribution in [0.2, 0.25) is 0 Å². The highest BCUT2D eigenvalue weighted by atomic mass is 32.2. The Morgan fingerprint density at radius 3 is 2.83 bits per heavy atom. The molecule has 0 amide bonds. The van der Waals surface area contributed by atoms with Gasteiger partial charge in [0.15, 0.2) is 0 Å². The van der Waals surface area contributed by atoms with Crippen molar-refractivity contribution in [1.29, 1.82) is 0 Å². The van der Waals surface area contributed by atoms with Crippen LogP contribution in [0.15, 0.2) is 23.0 Å². The molecule has 0 fully saturated rings. The quantitative estimate of drug-likeness (QED) is 0.655. The van der Waals surface area contributed by atoms with Gasteiger partial charge in [0, 0.05) is 5.75 Å². The van der Waals surface area contributed by atoms with E-state index >= 15 is 0 Å². The van der Waals surface area contributed by atoms with Crippen LogP contribution in [0.4, 0.5) is 0 Å². The Balaban J connectivity index is 2.37. The van der Waals surface area contributed by atoms with Crippen molar-refractivity contribution in [3.05, 3.63) is 24.2 Å². The Morgan fingerprint density at radius 1 is 1.58 bits per heavy atom. The summed E-state index contributed by atoms with van der Waals surface area (Å²) in [5, 5.41) is 0. The third-order valence-corrected chi connectivity index (χ3v) is 3.40. The van der Waals surface area contributed by atoms with Crippen molar-refractivity contribution in [2.24, 2.45) is 5.92 Å². The average Bonchev–Trinajstić information content (AvgIpc) is 2.37. The molecule has 0 radical (unpaired) electrons. The SMILES string of the molecule is C=S(Cc1ccoc1)CC(C)C. The normalized spacial score (nSPS) is 13.6. The zero-order valence-electron chi connectivity index (χ0n) is 7.75. The highest BCUT2D eigenvalue weighted by Crippen LogP contribution is 2.20. The lowest BCUT2D eigenvalue weighted by molar-refractivity contribution is 0.565. The molecule has 0 aromatic carbocycles. The number of rotatable bonds is 4. The van der Waals surface area contributed by atoms with Crippen molar-refractivity contribution in [1.82, 2.24) is 0 Å².